The Kier molecular flexibility index (Phi) is 9.77. The Morgan fingerprint density at radius 2 is 1.95 bits per heavy atom. The molecule has 2 aliphatic rings. The van der Waals surface area contributed by atoms with Crippen LogP contribution >= 0.6 is 11.3 Å². The van der Waals surface area contributed by atoms with Gasteiger partial charge in [-0.15, -0.1) is 11.3 Å². The molecule has 3 aromatic rings. The number of nitrogens with two attached hydrogens (primary N) is 1. The maximum absolute atomic E-state index is 11.9. The zero-order valence-corrected chi connectivity index (χ0v) is 26.2. The van der Waals surface area contributed by atoms with Crippen molar-refractivity contribution in [3.05, 3.63) is 105 Å². The number of rotatable bonds is 12. The summed E-state index contributed by atoms with van der Waals surface area (Å²) in [4.78, 5) is 25.0. The highest BCUT2D eigenvalue weighted by atomic mass is 32.1. The van der Waals surface area contributed by atoms with Crippen LogP contribution in [-0.2, 0) is 11.3 Å². The summed E-state index contributed by atoms with van der Waals surface area (Å²) in [5.74, 6) is 1.84. The lowest BCUT2D eigenvalue weighted by atomic mass is 9.99. The van der Waals surface area contributed by atoms with Crippen molar-refractivity contribution in [3.63, 3.8) is 0 Å². The first-order valence-electron chi connectivity index (χ1n) is 15.0. The SMILES string of the molecule is CCCCC(CC)N1CC(c2ccc(OC3=CC=CCC(OCc4sc(C)nc4C)=C3)cc2)=Nc2cc(C(N)=O)ccc21. The number of carbonyl (C=O) groups is 1. The Hall–Kier alpha value is -4.17. The average molecular weight is 597 g/mol. The predicted molar refractivity (Wildman–Crippen MR) is 175 cm³/mol. The van der Waals surface area contributed by atoms with Crippen LogP contribution < -0.4 is 15.4 Å². The number of hydrogen-bond donors (Lipinski definition) is 1. The number of amides is 1. The molecular formula is C35H40N4O3S. The second-order valence-electron chi connectivity index (χ2n) is 10.9. The van der Waals surface area contributed by atoms with Crippen LogP contribution in [0.4, 0.5) is 11.4 Å². The molecule has 7 nitrogen and oxygen atoms in total. The number of allylic oxidation sites excluding steroid dienone is 4. The molecule has 0 radical (unpaired) electrons. The van der Waals surface area contributed by atoms with Crippen molar-refractivity contribution < 1.29 is 14.3 Å². The number of primary amides is 1. The number of anilines is 1. The Labute approximate surface area is 258 Å². The number of carbonyl (C=O) groups excluding carboxylic acids is 1. The number of fused-ring (bicyclic) bond motifs is 1. The molecule has 8 heteroatoms. The maximum atomic E-state index is 11.9. The number of nitrogens with zero attached hydrogens (tertiary/aromatic N) is 3. The van der Waals surface area contributed by atoms with Crippen LogP contribution in [-0.4, -0.2) is 29.2 Å². The number of aryl methyl sites for hydroxylation is 2. The van der Waals surface area contributed by atoms with Crippen LogP contribution in [0.25, 0.3) is 0 Å². The Bertz CT molecular complexity index is 1580. The molecule has 2 aromatic carbocycles. The summed E-state index contributed by atoms with van der Waals surface area (Å²) < 4.78 is 12.4. The molecule has 1 unspecified atom stereocenters. The monoisotopic (exact) mass is 596 g/mol. The first kappa shape index (κ1) is 30.3. The molecule has 224 valence electrons. The molecule has 0 bridgehead atoms. The van der Waals surface area contributed by atoms with E-state index in [4.69, 9.17) is 20.2 Å². The van der Waals surface area contributed by atoms with Crippen molar-refractivity contribution in [2.24, 2.45) is 10.7 Å². The van der Waals surface area contributed by atoms with Crippen molar-refractivity contribution >= 4 is 34.3 Å². The average Bonchev–Trinajstić information content (AvgIpc) is 3.18. The fourth-order valence-electron chi connectivity index (χ4n) is 5.43. The van der Waals surface area contributed by atoms with E-state index in [2.05, 4.69) is 29.8 Å². The summed E-state index contributed by atoms with van der Waals surface area (Å²) in [5.41, 5.74) is 10.9. The fraction of sp³-hybridized carbons (Fsp3) is 0.343. The van der Waals surface area contributed by atoms with Crippen LogP contribution in [0.5, 0.6) is 5.75 Å². The first-order valence-corrected chi connectivity index (χ1v) is 15.9. The van der Waals surface area contributed by atoms with Gasteiger partial charge in [-0.1, -0.05) is 38.8 Å². The van der Waals surface area contributed by atoms with Gasteiger partial charge >= 0.3 is 0 Å². The summed E-state index contributed by atoms with van der Waals surface area (Å²) >= 11 is 1.67. The van der Waals surface area contributed by atoms with E-state index >= 15 is 0 Å². The number of thiazole rings is 1. The highest BCUT2D eigenvalue weighted by molar-refractivity contribution is 7.11. The second kappa shape index (κ2) is 13.9. The van der Waals surface area contributed by atoms with E-state index in [9.17, 15) is 4.79 Å². The molecule has 0 saturated heterocycles. The van der Waals surface area contributed by atoms with Gasteiger partial charge in [-0.25, -0.2) is 9.98 Å². The molecule has 43 heavy (non-hydrogen) atoms. The molecule has 0 spiro atoms. The molecule has 2 N–H and O–H groups in total. The van der Waals surface area contributed by atoms with E-state index in [0.717, 1.165) is 69.0 Å². The van der Waals surface area contributed by atoms with Gasteiger partial charge in [0.2, 0.25) is 5.91 Å². The second-order valence-corrected chi connectivity index (χ2v) is 12.2. The van der Waals surface area contributed by atoms with Crippen molar-refractivity contribution in [1.29, 1.82) is 0 Å². The Morgan fingerprint density at radius 3 is 2.65 bits per heavy atom. The van der Waals surface area contributed by atoms with Crippen LogP contribution in [0, 0.1) is 13.8 Å². The van der Waals surface area contributed by atoms with Crippen LogP contribution in [0.2, 0.25) is 0 Å². The zero-order chi connectivity index (χ0) is 30.3. The topological polar surface area (TPSA) is 90.0 Å². The standard InChI is InChI=1S/C35H40N4O3S/c1-5-7-10-27(6-2)39-21-32(38-31-19-26(35(36)40)15-18-33(31)39)25-13-16-28(17-14-25)42-30-12-9-8-11-29(20-30)41-22-34-23(3)37-24(4)43-34/h8-9,12-20,27H,5-7,10-11,21-22H2,1-4H3,(H2,36,40). The minimum Gasteiger partial charge on any atom is -0.492 e. The first-order chi connectivity index (χ1) is 20.8. The van der Waals surface area contributed by atoms with Crippen LogP contribution in [0.1, 0.15) is 77.5 Å². The van der Waals surface area contributed by atoms with Crippen LogP contribution in [0.3, 0.4) is 0 Å². The lowest BCUT2D eigenvalue weighted by molar-refractivity contribution is 0.100. The summed E-state index contributed by atoms with van der Waals surface area (Å²) in [5, 5.41) is 1.05. The predicted octanol–water partition coefficient (Wildman–Crippen LogP) is 8.09. The Morgan fingerprint density at radius 1 is 1.14 bits per heavy atom. The normalized spacial score (nSPS) is 15.2. The molecule has 1 aliphatic carbocycles. The molecular weight excluding hydrogens is 556 g/mol. The fourth-order valence-corrected chi connectivity index (χ4v) is 6.28. The van der Waals surface area contributed by atoms with Crippen molar-refractivity contribution in [2.45, 2.75) is 72.4 Å². The summed E-state index contributed by atoms with van der Waals surface area (Å²) in [6.45, 7) is 9.69. The molecule has 1 atom stereocenters. The van der Waals surface area contributed by atoms with Gasteiger partial charge in [-0.05, 0) is 80.8 Å². The van der Waals surface area contributed by atoms with Gasteiger partial charge in [0.15, 0.2) is 0 Å². The highest BCUT2D eigenvalue weighted by Crippen LogP contribution is 2.37. The summed E-state index contributed by atoms with van der Waals surface area (Å²) in [6.07, 6.45) is 13.1. The third kappa shape index (κ3) is 7.43. The third-order valence-corrected chi connectivity index (χ3v) is 8.82. The number of aromatic nitrogens is 1. The van der Waals surface area contributed by atoms with E-state index in [1.165, 1.54) is 6.42 Å². The van der Waals surface area contributed by atoms with Gasteiger partial charge in [0, 0.05) is 24.1 Å². The molecule has 2 heterocycles. The van der Waals surface area contributed by atoms with E-state index < -0.39 is 5.91 Å². The van der Waals surface area contributed by atoms with Gasteiger partial charge in [-0.2, -0.15) is 0 Å². The number of unbranched alkanes of at least 4 members (excludes halogenated alkanes) is 1. The number of aliphatic imine (C=N–C) groups is 1. The summed E-state index contributed by atoms with van der Waals surface area (Å²) in [6, 6.07) is 14.0. The van der Waals surface area contributed by atoms with Crippen molar-refractivity contribution in [1.82, 2.24) is 4.98 Å². The maximum Gasteiger partial charge on any atom is 0.248 e. The Balaban J connectivity index is 1.34. The van der Waals surface area contributed by atoms with Crippen molar-refractivity contribution in [2.75, 3.05) is 11.4 Å². The number of benzene rings is 2. The van der Waals surface area contributed by atoms with Gasteiger partial charge in [0.25, 0.3) is 0 Å². The number of ether oxygens (including phenoxy) is 2. The van der Waals surface area contributed by atoms with Gasteiger partial charge < -0.3 is 20.1 Å². The van der Waals surface area contributed by atoms with Crippen molar-refractivity contribution in [3.8, 4) is 5.75 Å². The largest absolute Gasteiger partial charge is 0.492 e. The molecule has 1 aliphatic heterocycles. The molecule has 5 rings (SSSR count). The summed E-state index contributed by atoms with van der Waals surface area (Å²) in [7, 11) is 0. The van der Waals surface area contributed by atoms with E-state index in [1.807, 2.05) is 68.5 Å². The zero-order valence-electron chi connectivity index (χ0n) is 25.4. The smallest absolute Gasteiger partial charge is 0.248 e. The van der Waals surface area contributed by atoms with Gasteiger partial charge in [-0.3, -0.25) is 4.79 Å². The molecule has 0 saturated carbocycles. The molecule has 1 amide bonds. The van der Waals surface area contributed by atoms with E-state index in [0.29, 0.717) is 36.9 Å². The lowest BCUT2D eigenvalue weighted by Crippen LogP contribution is -2.41. The van der Waals surface area contributed by atoms with E-state index in [-0.39, 0.29) is 0 Å². The minimum atomic E-state index is -0.449. The molecule has 0 fully saturated rings. The van der Waals surface area contributed by atoms with Crippen LogP contribution in [0.15, 0.2) is 83.3 Å². The number of hydrogen-bond acceptors (Lipinski definition) is 7. The quantitative estimate of drug-likeness (QED) is 0.228. The third-order valence-electron chi connectivity index (χ3n) is 7.78. The van der Waals surface area contributed by atoms with E-state index in [1.54, 1.807) is 17.4 Å². The van der Waals surface area contributed by atoms with Gasteiger partial charge in [0.1, 0.15) is 23.9 Å². The van der Waals surface area contributed by atoms with Gasteiger partial charge in [0.05, 0.1) is 39.2 Å². The highest BCUT2D eigenvalue weighted by Gasteiger charge is 2.26. The molecule has 1 aromatic heterocycles. The minimum absolute atomic E-state index is 0.383. The lowest BCUT2D eigenvalue weighted by Gasteiger charge is -2.37.